The van der Waals surface area contributed by atoms with Crippen molar-refractivity contribution in [3.8, 4) is 0 Å². The second kappa shape index (κ2) is 7.09. The summed E-state index contributed by atoms with van der Waals surface area (Å²) in [5.41, 5.74) is 4.26. The third-order valence-corrected chi connectivity index (χ3v) is 3.66. The molecule has 0 aliphatic carbocycles. The van der Waals surface area contributed by atoms with E-state index in [-0.39, 0.29) is 18.9 Å². The van der Waals surface area contributed by atoms with Gasteiger partial charge in [0.05, 0.1) is 12.1 Å². The molecule has 0 aliphatic rings. The molecule has 0 saturated carbocycles. The molecule has 2 aromatic rings. The number of nitrogens with one attached hydrogen (secondary N) is 1. The van der Waals surface area contributed by atoms with Gasteiger partial charge in [-0.25, -0.2) is 0 Å². The summed E-state index contributed by atoms with van der Waals surface area (Å²) >= 11 is 0. The quantitative estimate of drug-likeness (QED) is 0.858. The molecular formula is C17H20N2O4. The molecule has 1 amide bonds. The second-order valence-corrected chi connectivity index (χ2v) is 5.49. The third kappa shape index (κ3) is 4.42. The van der Waals surface area contributed by atoms with E-state index in [1.165, 1.54) is 0 Å². The topological polar surface area (TPSA) is 81.4 Å². The second-order valence-electron chi connectivity index (χ2n) is 5.49. The molecule has 122 valence electrons. The summed E-state index contributed by atoms with van der Waals surface area (Å²) in [5.74, 6) is -0.283. The Kier molecular flexibility index (Phi) is 5.16. The van der Waals surface area contributed by atoms with Crippen LogP contribution in [0.25, 0.3) is 0 Å². The van der Waals surface area contributed by atoms with Crippen molar-refractivity contribution in [1.29, 1.82) is 0 Å². The number of aromatic nitrogens is 1. The van der Waals surface area contributed by atoms with Crippen LogP contribution in [0.5, 0.6) is 0 Å². The normalized spacial score (nSPS) is 10.4. The first-order valence-electron chi connectivity index (χ1n) is 7.31. The minimum atomic E-state index is -0.491. The van der Waals surface area contributed by atoms with Crippen molar-refractivity contribution in [2.75, 3.05) is 11.9 Å². The molecule has 0 aliphatic heterocycles. The lowest BCUT2D eigenvalue weighted by molar-refractivity contribution is -0.146. The van der Waals surface area contributed by atoms with Gasteiger partial charge in [0.25, 0.3) is 5.91 Å². The Balaban J connectivity index is 1.84. The van der Waals surface area contributed by atoms with Crippen LogP contribution in [0.15, 0.2) is 22.7 Å². The number of rotatable bonds is 5. The lowest BCUT2D eigenvalue weighted by Gasteiger charge is -2.08. The summed E-state index contributed by atoms with van der Waals surface area (Å²) in [7, 11) is 0. The van der Waals surface area contributed by atoms with Crippen LogP contribution in [0.3, 0.4) is 0 Å². The van der Waals surface area contributed by atoms with Gasteiger partial charge in [-0.05, 0) is 51.0 Å². The number of hydrogen-bond donors (Lipinski definition) is 1. The molecular weight excluding hydrogens is 296 g/mol. The number of esters is 1. The Bertz CT molecular complexity index is 715. The van der Waals surface area contributed by atoms with Gasteiger partial charge in [0.15, 0.2) is 6.61 Å². The highest BCUT2D eigenvalue weighted by atomic mass is 16.5. The van der Waals surface area contributed by atoms with Gasteiger partial charge in [-0.1, -0.05) is 11.2 Å². The van der Waals surface area contributed by atoms with Gasteiger partial charge in [0.1, 0.15) is 5.76 Å². The predicted octanol–water partition coefficient (Wildman–Crippen LogP) is 2.63. The van der Waals surface area contributed by atoms with E-state index in [2.05, 4.69) is 10.5 Å². The molecule has 0 spiro atoms. The van der Waals surface area contributed by atoms with Gasteiger partial charge in [0, 0.05) is 11.3 Å². The van der Waals surface area contributed by atoms with Crippen molar-refractivity contribution in [1.82, 2.24) is 5.16 Å². The van der Waals surface area contributed by atoms with Gasteiger partial charge in [-0.2, -0.15) is 0 Å². The molecule has 0 bridgehead atoms. The number of amides is 1. The zero-order chi connectivity index (χ0) is 17.0. The van der Waals surface area contributed by atoms with Crippen molar-refractivity contribution in [3.05, 3.63) is 46.3 Å². The predicted molar refractivity (Wildman–Crippen MR) is 85.2 cm³/mol. The van der Waals surface area contributed by atoms with Crippen LogP contribution in [0.1, 0.15) is 28.1 Å². The fraction of sp³-hybridized carbons (Fsp3) is 0.353. The number of nitrogens with zero attached hydrogens (tertiary/aromatic N) is 1. The SMILES string of the molecule is Cc1ccc(NC(=O)COC(=O)Cc2c(C)noc2C)cc1C. The zero-order valence-electron chi connectivity index (χ0n) is 13.7. The molecule has 0 radical (unpaired) electrons. The maximum atomic E-state index is 11.8. The van der Waals surface area contributed by atoms with Crippen molar-refractivity contribution in [3.63, 3.8) is 0 Å². The average molecular weight is 316 g/mol. The number of aryl methyl sites for hydroxylation is 4. The van der Waals surface area contributed by atoms with Gasteiger partial charge < -0.3 is 14.6 Å². The van der Waals surface area contributed by atoms with E-state index < -0.39 is 5.97 Å². The molecule has 23 heavy (non-hydrogen) atoms. The van der Waals surface area contributed by atoms with Gasteiger partial charge >= 0.3 is 5.97 Å². The fourth-order valence-electron chi connectivity index (χ4n) is 2.11. The highest BCUT2D eigenvalue weighted by Crippen LogP contribution is 2.15. The van der Waals surface area contributed by atoms with E-state index in [9.17, 15) is 9.59 Å². The minimum Gasteiger partial charge on any atom is -0.455 e. The Labute approximate surface area is 134 Å². The maximum Gasteiger partial charge on any atom is 0.310 e. The number of anilines is 1. The molecule has 0 unspecified atom stereocenters. The van der Waals surface area contributed by atoms with Crippen molar-refractivity contribution in [2.24, 2.45) is 0 Å². The van der Waals surface area contributed by atoms with E-state index >= 15 is 0 Å². The number of carbonyl (C=O) groups excluding carboxylic acids is 2. The Morgan fingerprint density at radius 2 is 1.91 bits per heavy atom. The van der Waals surface area contributed by atoms with E-state index in [0.29, 0.717) is 22.7 Å². The number of ether oxygens (including phenoxy) is 1. The highest BCUT2D eigenvalue weighted by Gasteiger charge is 2.15. The highest BCUT2D eigenvalue weighted by molar-refractivity contribution is 5.93. The number of benzene rings is 1. The lowest BCUT2D eigenvalue weighted by atomic mass is 10.1. The van der Waals surface area contributed by atoms with E-state index in [1.54, 1.807) is 13.8 Å². The molecule has 0 saturated heterocycles. The smallest absolute Gasteiger partial charge is 0.310 e. The van der Waals surface area contributed by atoms with Crippen LogP contribution in [-0.2, 0) is 20.7 Å². The Hall–Kier alpha value is -2.63. The monoisotopic (exact) mass is 316 g/mol. The average Bonchev–Trinajstić information content (AvgIpc) is 2.81. The maximum absolute atomic E-state index is 11.8. The van der Waals surface area contributed by atoms with Crippen LogP contribution < -0.4 is 5.32 Å². The van der Waals surface area contributed by atoms with Crippen LogP contribution >= 0.6 is 0 Å². The molecule has 2 rings (SSSR count). The molecule has 1 heterocycles. The van der Waals surface area contributed by atoms with E-state index in [4.69, 9.17) is 9.26 Å². The summed E-state index contributed by atoms with van der Waals surface area (Å²) in [5, 5.41) is 6.47. The van der Waals surface area contributed by atoms with Gasteiger partial charge in [0.2, 0.25) is 0 Å². The van der Waals surface area contributed by atoms with Crippen LogP contribution in [0, 0.1) is 27.7 Å². The third-order valence-electron chi connectivity index (χ3n) is 3.66. The largest absolute Gasteiger partial charge is 0.455 e. The summed E-state index contributed by atoms with van der Waals surface area (Å²) in [6, 6.07) is 5.61. The van der Waals surface area contributed by atoms with E-state index in [1.807, 2.05) is 32.0 Å². The van der Waals surface area contributed by atoms with Gasteiger partial charge in [-0.3, -0.25) is 9.59 Å². The standard InChI is InChI=1S/C17H20N2O4/c1-10-5-6-14(7-11(10)2)18-16(20)9-22-17(21)8-15-12(3)19-23-13(15)4/h5-7H,8-9H2,1-4H3,(H,18,20). The molecule has 1 aromatic heterocycles. The van der Waals surface area contributed by atoms with Crippen LogP contribution in [0.2, 0.25) is 0 Å². The van der Waals surface area contributed by atoms with Gasteiger partial charge in [-0.15, -0.1) is 0 Å². The summed E-state index contributed by atoms with van der Waals surface area (Å²) in [6.45, 7) is 7.13. The minimum absolute atomic E-state index is 0.0398. The summed E-state index contributed by atoms with van der Waals surface area (Å²) < 4.78 is 9.98. The van der Waals surface area contributed by atoms with Crippen molar-refractivity contribution in [2.45, 2.75) is 34.1 Å². The van der Waals surface area contributed by atoms with Crippen molar-refractivity contribution >= 4 is 17.6 Å². The molecule has 1 N–H and O–H groups in total. The zero-order valence-corrected chi connectivity index (χ0v) is 13.7. The number of hydrogen-bond acceptors (Lipinski definition) is 5. The molecule has 1 aromatic carbocycles. The fourth-order valence-corrected chi connectivity index (χ4v) is 2.11. The Morgan fingerprint density at radius 1 is 1.17 bits per heavy atom. The van der Waals surface area contributed by atoms with Crippen molar-refractivity contribution < 1.29 is 18.8 Å². The summed E-state index contributed by atoms with van der Waals surface area (Å²) in [6.07, 6.45) is 0.0398. The Morgan fingerprint density at radius 3 is 2.52 bits per heavy atom. The molecule has 6 heteroatoms. The first-order chi connectivity index (χ1) is 10.9. The first-order valence-corrected chi connectivity index (χ1v) is 7.31. The molecule has 0 fully saturated rings. The van der Waals surface area contributed by atoms with Crippen LogP contribution in [-0.4, -0.2) is 23.6 Å². The van der Waals surface area contributed by atoms with E-state index in [0.717, 1.165) is 11.1 Å². The molecule has 0 atom stereocenters. The first kappa shape index (κ1) is 16.7. The lowest BCUT2D eigenvalue weighted by Crippen LogP contribution is -2.21. The number of carbonyl (C=O) groups is 2. The molecule has 6 nitrogen and oxygen atoms in total. The summed E-state index contributed by atoms with van der Waals surface area (Å²) in [4.78, 5) is 23.6. The van der Waals surface area contributed by atoms with Crippen LogP contribution in [0.4, 0.5) is 5.69 Å².